The maximum absolute atomic E-state index is 13.1. The third kappa shape index (κ3) is 2.94. The lowest BCUT2D eigenvalue weighted by Gasteiger charge is -2.37. The van der Waals surface area contributed by atoms with E-state index in [1.807, 2.05) is 25.8 Å². The van der Waals surface area contributed by atoms with Crippen LogP contribution in [0.25, 0.3) is 0 Å². The van der Waals surface area contributed by atoms with Crippen LogP contribution in [0.1, 0.15) is 56.3 Å². The van der Waals surface area contributed by atoms with Gasteiger partial charge in [-0.15, -0.1) is 0 Å². The van der Waals surface area contributed by atoms with Crippen LogP contribution in [-0.4, -0.2) is 10.7 Å². The zero-order valence-electron chi connectivity index (χ0n) is 13.7. The molecule has 1 unspecified atom stereocenters. The second-order valence-electron chi connectivity index (χ2n) is 6.40. The third-order valence-corrected chi connectivity index (χ3v) is 4.13. The molecule has 3 nitrogen and oxygen atoms in total. The molecule has 0 spiro atoms. The predicted molar refractivity (Wildman–Crippen MR) is 85.1 cm³/mol. The average Bonchev–Trinajstić information content (AvgIpc) is 3.25. The quantitative estimate of drug-likeness (QED) is 0.719. The number of fused-ring (bicyclic) bond motifs is 1. The first-order chi connectivity index (χ1) is 10.7. The van der Waals surface area contributed by atoms with Crippen LogP contribution in [0.15, 0.2) is 28.6 Å². The highest BCUT2D eigenvalue weighted by molar-refractivity contribution is 5.79. The lowest BCUT2D eigenvalue weighted by atomic mass is 9.96. The second kappa shape index (κ2) is 5.28. The number of hydrazone groups is 1. The van der Waals surface area contributed by atoms with E-state index in [9.17, 15) is 13.2 Å². The van der Waals surface area contributed by atoms with Gasteiger partial charge in [0.25, 0.3) is 0 Å². The monoisotopic (exact) mass is 323 g/mol. The number of hydrogen-bond donors (Lipinski definition) is 1. The van der Waals surface area contributed by atoms with Gasteiger partial charge in [0, 0.05) is 17.0 Å². The molecule has 0 radical (unpaired) electrons. The first-order valence-corrected chi connectivity index (χ1v) is 7.70. The van der Waals surface area contributed by atoms with Gasteiger partial charge in [0.1, 0.15) is 5.82 Å². The third-order valence-electron chi connectivity index (χ3n) is 4.13. The molecule has 1 aromatic carbocycles. The van der Waals surface area contributed by atoms with Crippen LogP contribution in [0.4, 0.5) is 18.9 Å². The fourth-order valence-electron chi connectivity index (χ4n) is 2.88. The standard InChI is InChI=1S/C17H20F3N3/c1-9(2)22-23-11(4)14-8-13(17(18,19)20)7-10(3)15(14)21-16(23)12-5-6-12/h7-8,11,21H,5-6H2,1-4H3. The van der Waals surface area contributed by atoms with Crippen LogP contribution in [0.2, 0.25) is 0 Å². The Morgan fingerprint density at radius 1 is 1.26 bits per heavy atom. The minimum Gasteiger partial charge on any atom is -0.340 e. The lowest BCUT2D eigenvalue weighted by Crippen LogP contribution is -2.32. The molecule has 2 aliphatic rings. The number of allylic oxidation sites excluding steroid dienone is 1. The van der Waals surface area contributed by atoms with Crippen LogP contribution in [0, 0.1) is 6.92 Å². The molecule has 1 saturated carbocycles. The van der Waals surface area contributed by atoms with Gasteiger partial charge in [-0.25, -0.2) is 5.01 Å². The summed E-state index contributed by atoms with van der Waals surface area (Å²) in [6.45, 7) is 7.38. The molecule has 6 heteroatoms. The molecule has 0 aromatic heterocycles. The summed E-state index contributed by atoms with van der Waals surface area (Å²) < 4.78 is 39.3. The first-order valence-electron chi connectivity index (χ1n) is 7.70. The Morgan fingerprint density at radius 3 is 2.43 bits per heavy atom. The normalized spacial score (nSPS) is 20.1. The number of nitrogens with one attached hydrogen (secondary N) is 1. The van der Waals surface area contributed by atoms with E-state index in [2.05, 4.69) is 10.4 Å². The van der Waals surface area contributed by atoms with E-state index >= 15 is 0 Å². The molecule has 124 valence electrons. The number of alkyl halides is 3. The van der Waals surface area contributed by atoms with Crippen molar-refractivity contribution in [1.82, 2.24) is 5.01 Å². The summed E-state index contributed by atoms with van der Waals surface area (Å²) in [7, 11) is 0. The van der Waals surface area contributed by atoms with Gasteiger partial charge in [-0.05, 0) is 63.8 Å². The lowest BCUT2D eigenvalue weighted by molar-refractivity contribution is -0.137. The van der Waals surface area contributed by atoms with Gasteiger partial charge in [0.2, 0.25) is 0 Å². The Bertz CT molecular complexity index is 707. The first kappa shape index (κ1) is 15.9. The van der Waals surface area contributed by atoms with Crippen molar-refractivity contribution < 1.29 is 13.2 Å². The largest absolute Gasteiger partial charge is 0.416 e. The van der Waals surface area contributed by atoms with Crippen molar-refractivity contribution in [3.63, 3.8) is 0 Å². The van der Waals surface area contributed by atoms with E-state index in [4.69, 9.17) is 0 Å². The molecule has 0 amide bonds. The van der Waals surface area contributed by atoms with E-state index in [1.165, 1.54) is 17.7 Å². The van der Waals surface area contributed by atoms with E-state index in [0.29, 0.717) is 11.1 Å². The van der Waals surface area contributed by atoms with Gasteiger partial charge in [-0.2, -0.15) is 18.3 Å². The summed E-state index contributed by atoms with van der Waals surface area (Å²) in [5, 5.41) is 9.67. The van der Waals surface area contributed by atoms with Crippen molar-refractivity contribution in [2.45, 2.75) is 52.8 Å². The summed E-state index contributed by atoms with van der Waals surface area (Å²) in [6, 6.07) is 2.20. The molecular weight excluding hydrogens is 303 g/mol. The average molecular weight is 323 g/mol. The number of nitrogens with zero attached hydrogens (tertiary/aromatic N) is 2. The van der Waals surface area contributed by atoms with Crippen molar-refractivity contribution in [3.8, 4) is 0 Å². The van der Waals surface area contributed by atoms with Crippen molar-refractivity contribution >= 4 is 11.4 Å². The van der Waals surface area contributed by atoms with Crippen LogP contribution in [-0.2, 0) is 6.18 Å². The van der Waals surface area contributed by atoms with Crippen LogP contribution in [0.5, 0.6) is 0 Å². The van der Waals surface area contributed by atoms with Gasteiger partial charge in [-0.1, -0.05) is 0 Å². The zero-order valence-corrected chi connectivity index (χ0v) is 13.7. The Morgan fingerprint density at radius 2 is 1.91 bits per heavy atom. The van der Waals surface area contributed by atoms with Crippen LogP contribution < -0.4 is 5.32 Å². The molecule has 3 rings (SSSR count). The molecule has 1 fully saturated rings. The topological polar surface area (TPSA) is 27.6 Å². The molecule has 1 aromatic rings. The molecule has 1 aliphatic heterocycles. The van der Waals surface area contributed by atoms with Gasteiger partial charge >= 0.3 is 6.18 Å². The van der Waals surface area contributed by atoms with E-state index in [0.717, 1.165) is 30.1 Å². The molecule has 1 aliphatic carbocycles. The summed E-state index contributed by atoms with van der Waals surface area (Å²) in [4.78, 5) is 0. The highest BCUT2D eigenvalue weighted by Crippen LogP contribution is 2.45. The van der Waals surface area contributed by atoms with Gasteiger partial charge in [0.05, 0.1) is 11.6 Å². The Kier molecular flexibility index (Phi) is 3.65. The zero-order chi connectivity index (χ0) is 16.9. The molecular formula is C17H20F3N3. The number of rotatable bonds is 1. The number of anilines is 1. The minimum absolute atomic E-state index is 0.245. The highest BCUT2D eigenvalue weighted by Gasteiger charge is 2.37. The second-order valence-corrected chi connectivity index (χ2v) is 6.40. The van der Waals surface area contributed by atoms with Gasteiger partial charge in [-0.3, -0.25) is 0 Å². The smallest absolute Gasteiger partial charge is 0.340 e. The Balaban J connectivity index is 2.15. The fraction of sp³-hybridized carbons (Fsp3) is 0.471. The summed E-state index contributed by atoms with van der Waals surface area (Å²) in [5.74, 6) is 0.925. The Hall–Kier alpha value is -1.98. The van der Waals surface area contributed by atoms with Crippen molar-refractivity contribution in [2.75, 3.05) is 5.32 Å². The number of halogens is 3. The fourth-order valence-corrected chi connectivity index (χ4v) is 2.88. The maximum Gasteiger partial charge on any atom is 0.416 e. The molecule has 1 heterocycles. The SMILES string of the molecule is CC(C)=NN1C(=C2CC2)Nc2c(C)cc(C(F)(F)F)cc2C1C. The van der Waals surface area contributed by atoms with Gasteiger partial charge in [0.15, 0.2) is 0 Å². The molecule has 0 bridgehead atoms. The van der Waals surface area contributed by atoms with E-state index < -0.39 is 11.7 Å². The summed E-state index contributed by atoms with van der Waals surface area (Å²) in [5.41, 5.74) is 3.54. The molecule has 0 saturated heterocycles. The number of benzene rings is 1. The van der Waals surface area contributed by atoms with Crippen molar-refractivity contribution in [2.24, 2.45) is 5.10 Å². The summed E-state index contributed by atoms with van der Waals surface area (Å²) in [6.07, 6.45) is -2.32. The predicted octanol–water partition coefficient (Wildman–Crippen LogP) is 5.20. The summed E-state index contributed by atoms with van der Waals surface area (Å²) >= 11 is 0. The maximum atomic E-state index is 13.1. The molecule has 23 heavy (non-hydrogen) atoms. The van der Waals surface area contributed by atoms with Crippen molar-refractivity contribution in [3.05, 3.63) is 40.2 Å². The van der Waals surface area contributed by atoms with Crippen LogP contribution in [0.3, 0.4) is 0 Å². The van der Waals surface area contributed by atoms with E-state index in [1.54, 1.807) is 6.92 Å². The minimum atomic E-state index is -4.34. The van der Waals surface area contributed by atoms with Gasteiger partial charge < -0.3 is 5.32 Å². The van der Waals surface area contributed by atoms with E-state index in [-0.39, 0.29) is 6.04 Å². The van der Waals surface area contributed by atoms with Crippen LogP contribution >= 0.6 is 0 Å². The Labute approximate surface area is 133 Å². The molecule has 1 N–H and O–H groups in total. The van der Waals surface area contributed by atoms with Crippen molar-refractivity contribution in [1.29, 1.82) is 0 Å². The number of aryl methyl sites for hydroxylation is 1. The number of hydrogen-bond acceptors (Lipinski definition) is 3. The highest BCUT2D eigenvalue weighted by atomic mass is 19.4. The molecule has 1 atom stereocenters.